The molecule has 4 heterocycles. The summed E-state index contributed by atoms with van der Waals surface area (Å²) in [7, 11) is 0. The fraction of sp³-hybridized carbons (Fsp3) is 0.375. The Hall–Kier alpha value is -1.72. The summed E-state index contributed by atoms with van der Waals surface area (Å²) in [4.78, 5) is 22.8. The van der Waals surface area contributed by atoms with Crippen molar-refractivity contribution in [1.29, 1.82) is 0 Å². The van der Waals surface area contributed by atoms with Gasteiger partial charge in [0.25, 0.3) is 0 Å². The fourth-order valence-electron chi connectivity index (χ4n) is 3.43. The molecule has 2 fully saturated rings. The maximum absolute atomic E-state index is 12.9. The number of fused-ring (bicyclic) bond motifs is 1. The van der Waals surface area contributed by atoms with Crippen LogP contribution in [0.5, 0.6) is 0 Å². The number of anilines is 1. The van der Waals surface area contributed by atoms with Gasteiger partial charge >= 0.3 is 0 Å². The molecular formula is C16H17N3OS. The second-order valence-corrected chi connectivity index (χ2v) is 6.58. The zero-order chi connectivity index (χ0) is 14.4. The topological polar surface area (TPSA) is 36.4 Å². The Kier molecular flexibility index (Phi) is 3.05. The molecule has 2 aromatic heterocycles. The molecule has 0 unspecified atom stereocenters. The van der Waals surface area contributed by atoms with E-state index in [0.717, 1.165) is 25.2 Å². The van der Waals surface area contributed by atoms with Crippen molar-refractivity contribution in [2.45, 2.75) is 32.0 Å². The predicted molar refractivity (Wildman–Crippen MR) is 83.2 cm³/mol. The zero-order valence-corrected chi connectivity index (χ0v) is 12.7. The van der Waals surface area contributed by atoms with Crippen LogP contribution in [0.15, 0.2) is 35.8 Å². The SMILES string of the molecule is Cc1ccsc1[C@H]1N(c2ccccn2)C(=O)[C@H]2CCCN21. The van der Waals surface area contributed by atoms with Gasteiger partial charge in [0.2, 0.25) is 5.91 Å². The van der Waals surface area contributed by atoms with Crippen molar-refractivity contribution < 1.29 is 4.79 Å². The maximum Gasteiger partial charge on any atom is 0.247 e. The van der Waals surface area contributed by atoms with Crippen LogP contribution in [0.25, 0.3) is 0 Å². The molecule has 2 aliphatic heterocycles. The number of aryl methyl sites for hydroxylation is 1. The number of carbonyl (C=O) groups excluding carboxylic acids is 1. The van der Waals surface area contributed by atoms with E-state index in [-0.39, 0.29) is 18.1 Å². The number of pyridine rings is 1. The average Bonchev–Trinajstić information content (AvgIpc) is 3.18. The highest BCUT2D eigenvalue weighted by molar-refractivity contribution is 7.10. The molecule has 0 spiro atoms. The minimum Gasteiger partial charge on any atom is -0.274 e. The van der Waals surface area contributed by atoms with E-state index < -0.39 is 0 Å². The Morgan fingerprint density at radius 2 is 2.24 bits per heavy atom. The van der Waals surface area contributed by atoms with Crippen molar-refractivity contribution in [3.8, 4) is 0 Å². The normalized spacial score (nSPS) is 25.6. The highest BCUT2D eigenvalue weighted by atomic mass is 32.1. The van der Waals surface area contributed by atoms with Crippen LogP contribution in [0.2, 0.25) is 0 Å². The number of carbonyl (C=O) groups is 1. The van der Waals surface area contributed by atoms with E-state index in [1.807, 2.05) is 23.1 Å². The number of hydrogen-bond donors (Lipinski definition) is 0. The molecule has 2 saturated heterocycles. The van der Waals surface area contributed by atoms with Crippen LogP contribution in [0.4, 0.5) is 5.82 Å². The zero-order valence-electron chi connectivity index (χ0n) is 11.9. The summed E-state index contributed by atoms with van der Waals surface area (Å²) in [6.45, 7) is 3.11. The van der Waals surface area contributed by atoms with Crippen LogP contribution >= 0.6 is 11.3 Å². The molecule has 4 rings (SSSR count). The second-order valence-electron chi connectivity index (χ2n) is 5.63. The van der Waals surface area contributed by atoms with Gasteiger partial charge in [-0.15, -0.1) is 11.3 Å². The highest BCUT2D eigenvalue weighted by Gasteiger charge is 2.50. The summed E-state index contributed by atoms with van der Waals surface area (Å²) in [5.41, 5.74) is 1.26. The minimum absolute atomic E-state index is 0.0138. The summed E-state index contributed by atoms with van der Waals surface area (Å²) >= 11 is 1.73. The largest absolute Gasteiger partial charge is 0.274 e. The molecule has 0 aromatic carbocycles. The Bertz CT molecular complexity index is 669. The van der Waals surface area contributed by atoms with Gasteiger partial charge in [-0.25, -0.2) is 4.98 Å². The molecule has 4 nitrogen and oxygen atoms in total. The van der Waals surface area contributed by atoms with Gasteiger partial charge in [0.1, 0.15) is 12.0 Å². The molecule has 21 heavy (non-hydrogen) atoms. The van der Waals surface area contributed by atoms with E-state index in [9.17, 15) is 4.79 Å². The van der Waals surface area contributed by atoms with Crippen LogP contribution in [0.1, 0.15) is 29.4 Å². The lowest BCUT2D eigenvalue weighted by atomic mass is 10.2. The summed E-state index contributed by atoms with van der Waals surface area (Å²) in [6, 6.07) is 7.91. The van der Waals surface area contributed by atoms with Crippen LogP contribution in [0, 0.1) is 6.92 Å². The lowest BCUT2D eigenvalue weighted by molar-refractivity contribution is -0.119. The molecule has 0 saturated carbocycles. The molecule has 2 aromatic rings. The predicted octanol–water partition coefficient (Wildman–Crippen LogP) is 2.96. The van der Waals surface area contributed by atoms with Crippen LogP contribution < -0.4 is 4.90 Å². The molecule has 0 N–H and O–H groups in total. The Morgan fingerprint density at radius 1 is 1.33 bits per heavy atom. The maximum atomic E-state index is 12.9. The van der Waals surface area contributed by atoms with Gasteiger partial charge in [0.15, 0.2) is 0 Å². The van der Waals surface area contributed by atoms with Crippen LogP contribution in [-0.2, 0) is 4.79 Å². The lowest BCUT2D eigenvalue weighted by Gasteiger charge is -2.28. The lowest BCUT2D eigenvalue weighted by Crippen LogP contribution is -2.32. The molecule has 5 heteroatoms. The summed E-state index contributed by atoms with van der Waals surface area (Å²) in [5.74, 6) is 0.957. The van der Waals surface area contributed by atoms with E-state index in [1.165, 1.54) is 10.4 Å². The van der Waals surface area contributed by atoms with Gasteiger partial charge in [-0.05, 0) is 48.9 Å². The summed E-state index contributed by atoms with van der Waals surface area (Å²) in [5, 5.41) is 2.11. The number of amides is 1. The van der Waals surface area contributed by atoms with E-state index >= 15 is 0 Å². The summed E-state index contributed by atoms with van der Waals surface area (Å²) < 4.78 is 0. The smallest absolute Gasteiger partial charge is 0.247 e. The minimum atomic E-state index is 0.0138. The van der Waals surface area contributed by atoms with Crippen molar-refractivity contribution in [3.05, 3.63) is 46.3 Å². The molecule has 0 bridgehead atoms. The molecule has 2 aliphatic rings. The Morgan fingerprint density at radius 3 is 2.95 bits per heavy atom. The van der Waals surface area contributed by atoms with Gasteiger partial charge in [-0.2, -0.15) is 0 Å². The van der Waals surface area contributed by atoms with Gasteiger partial charge < -0.3 is 0 Å². The molecule has 2 atom stereocenters. The van der Waals surface area contributed by atoms with Gasteiger partial charge in [0, 0.05) is 17.6 Å². The Balaban J connectivity index is 1.83. The van der Waals surface area contributed by atoms with Gasteiger partial charge in [0.05, 0.1) is 6.04 Å². The van der Waals surface area contributed by atoms with E-state index in [1.54, 1.807) is 17.5 Å². The van der Waals surface area contributed by atoms with Gasteiger partial charge in [-0.1, -0.05) is 6.07 Å². The quantitative estimate of drug-likeness (QED) is 0.855. The second kappa shape index (κ2) is 4.93. The van der Waals surface area contributed by atoms with Crippen molar-refractivity contribution in [2.75, 3.05) is 11.4 Å². The number of hydrogen-bond acceptors (Lipinski definition) is 4. The van der Waals surface area contributed by atoms with Crippen LogP contribution in [-0.4, -0.2) is 28.4 Å². The number of thiophene rings is 1. The van der Waals surface area contributed by atoms with Gasteiger partial charge in [-0.3, -0.25) is 14.6 Å². The fourth-order valence-corrected chi connectivity index (χ4v) is 4.46. The molecule has 1 amide bonds. The molecule has 108 valence electrons. The third kappa shape index (κ3) is 1.92. The monoisotopic (exact) mass is 299 g/mol. The first kappa shape index (κ1) is 13.0. The van der Waals surface area contributed by atoms with E-state index in [0.29, 0.717) is 0 Å². The number of rotatable bonds is 2. The summed E-state index contributed by atoms with van der Waals surface area (Å²) in [6.07, 6.45) is 3.83. The average molecular weight is 299 g/mol. The van der Waals surface area contributed by atoms with Crippen molar-refractivity contribution >= 4 is 23.1 Å². The van der Waals surface area contributed by atoms with Crippen molar-refractivity contribution in [2.24, 2.45) is 0 Å². The van der Waals surface area contributed by atoms with Crippen LogP contribution in [0.3, 0.4) is 0 Å². The van der Waals surface area contributed by atoms with E-state index in [4.69, 9.17) is 0 Å². The number of aromatic nitrogens is 1. The first-order chi connectivity index (χ1) is 10.3. The Labute approximate surface area is 128 Å². The third-order valence-corrected chi connectivity index (χ3v) is 5.47. The van der Waals surface area contributed by atoms with Crippen molar-refractivity contribution in [1.82, 2.24) is 9.88 Å². The third-order valence-electron chi connectivity index (χ3n) is 4.41. The molecule has 0 radical (unpaired) electrons. The first-order valence-electron chi connectivity index (χ1n) is 7.31. The first-order valence-corrected chi connectivity index (χ1v) is 8.19. The number of nitrogens with zero attached hydrogens (tertiary/aromatic N) is 3. The highest BCUT2D eigenvalue weighted by Crippen LogP contribution is 2.44. The van der Waals surface area contributed by atoms with E-state index in [2.05, 4.69) is 28.3 Å². The standard InChI is InChI=1S/C16H17N3OS/c1-11-7-10-21-14(11)15-18-9-4-5-12(18)16(20)19(15)13-6-2-3-8-17-13/h2-3,6-8,10,12,15H,4-5,9H2,1H3/t12-,15-/m1/s1. The molecular weight excluding hydrogens is 282 g/mol. The molecule has 0 aliphatic carbocycles. The van der Waals surface area contributed by atoms with Crippen molar-refractivity contribution in [3.63, 3.8) is 0 Å².